The summed E-state index contributed by atoms with van der Waals surface area (Å²) in [6.45, 7) is 2.62. The molecule has 10 heavy (non-hydrogen) atoms. The Kier molecular flexibility index (Phi) is 4.59. The van der Waals surface area contributed by atoms with E-state index in [0.29, 0.717) is 19.5 Å². The summed E-state index contributed by atoms with van der Waals surface area (Å²) in [6, 6.07) is 0. The second-order valence-corrected chi connectivity index (χ2v) is 3.89. The minimum Gasteiger partial charge on any atom is -0.330 e. The summed E-state index contributed by atoms with van der Waals surface area (Å²) in [4.78, 5) is 0. The molecule has 0 aliphatic carbocycles. The van der Waals surface area contributed by atoms with Crippen molar-refractivity contribution in [3.8, 4) is 0 Å². The summed E-state index contributed by atoms with van der Waals surface area (Å²) in [7, 11) is -3.02. The van der Waals surface area contributed by atoms with Crippen LogP contribution in [0.2, 0.25) is 0 Å². The lowest BCUT2D eigenvalue weighted by Crippen LogP contribution is -2.26. The van der Waals surface area contributed by atoms with Gasteiger partial charge in [0.2, 0.25) is 10.0 Å². The van der Waals surface area contributed by atoms with E-state index in [4.69, 9.17) is 5.73 Å². The van der Waals surface area contributed by atoms with Gasteiger partial charge in [0.1, 0.15) is 0 Å². The van der Waals surface area contributed by atoms with E-state index in [-0.39, 0.29) is 5.75 Å². The molecule has 0 bridgehead atoms. The highest BCUT2D eigenvalue weighted by Crippen LogP contribution is 1.85. The van der Waals surface area contributed by atoms with Crippen molar-refractivity contribution in [2.75, 3.05) is 18.8 Å². The molecule has 0 aliphatic rings. The fourth-order valence-corrected chi connectivity index (χ4v) is 1.70. The number of nitrogens with one attached hydrogen (secondary N) is 1. The summed E-state index contributed by atoms with van der Waals surface area (Å²) in [5.41, 5.74) is 5.14. The Bertz CT molecular complexity index is 164. The van der Waals surface area contributed by atoms with E-state index in [1.54, 1.807) is 6.92 Å². The third-order valence-corrected chi connectivity index (χ3v) is 2.54. The summed E-state index contributed by atoms with van der Waals surface area (Å²) in [5.74, 6) is 0.136. The van der Waals surface area contributed by atoms with Crippen LogP contribution in [0.15, 0.2) is 0 Å². The Labute approximate surface area is 61.8 Å². The monoisotopic (exact) mass is 166 g/mol. The summed E-state index contributed by atoms with van der Waals surface area (Å²) >= 11 is 0. The maximum absolute atomic E-state index is 10.8. The van der Waals surface area contributed by atoms with E-state index >= 15 is 0 Å². The lowest BCUT2D eigenvalue weighted by Gasteiger charge is -2.01. The van der Waals surface area contributed by atoms with Gasteiger partial charge in [0.05, 0.1) is 5.75 Å². The Hall–Kier alpha value is -0.130. The third kappa shape index (κ3) is 4.72. The van der Waals surface area contributed by atoms with Crippen LogP contribution in [0, 0.1) is 0 Å². The zero-order chi connectivity index (χ0) is 8.04. The molecular formula is C5H14N2O2S. The molecule has 0 saturated carbocycles. The molecule has 0 spiro atoms. The zero-order valence-corrected chi connectivity index (χ0v) is 6.95. The van der Waals surface area contributed by atoms with E-state index in [9.17, 15) is 8.42 Å². The fourth-order valence-electron chi connectivity index (χ4n) is 0.565. The molecule has 3 N–H and O–H groups in total. The van der Waals surface area contributed by atoms with Crippen molar-refractivity contribution in [1.82, 2.24) is 4.72 Å². The molecule has 0 aromatic rings. The van der Waals surface area contributed by atoms with Crippen LogP contribution < -0.4 is 10.5 Å². The highest BCUT2D eigenvalue weighted by Gasteiger charge is 2.05. The van der Waals surface area contributed by atoms with E-state index in [2.05, 4.69) is 4.72 Å². The normalized spacial score (nSPS) is 11.8. The number of nitrogens with two attached hydrogens (primary N) is 1. The minimum atomic E-state index is -3.02. The zero-order valence-electron chi connectivity index (χ0n) is 6.13. The number of sulfonamides is 1. The first kappa shape index (κ1) is 9.87. The van der Waals surface area contributed by atoms with Crippen molar-refractivity contribution in [3.05, 3.63) is 0 Å². The van der Waals surface area contributed by atoms with Gasteiger partial charge < -0.3 is 5.73 Å². The molecule has 0 radical (unpaired) electrons. The Balaban J connectivity index is 3.65. The maximum atomic E-state index is 10.8. The van der Waals surface area contributed by atoms with Gasteiger partial charge in [0.15, 0.2) is 0 Å². The molecule has 0 heterocycles. The van der Waals surface area contributed by atoms with Gasteiger partial charge in [-0.25, -0.2) is 13.1 Å². The molecule has 0 saturated heterocycles. The predicted octanol–water partition coefficient (Wildman–Crippen LogP) is -0.725. The topological polar surface area (TPSA) is 72.2 Å². The van der Waals surface area contributed by atoms with Crippen molar-refractivity contribution >= 4 is 10.0 Å². The molecule has 0 aromatic carbocycles. The van der Waals surface area contributed by atoms with Crippen LogP contribution in [0.25, 0.3) is 0 Å². The van der Waals surface area contributed by atoms with Crippen molar-refractivity contribution in [3.63, 3.8) is 0 Å². The smallest absolute Gasteiger partial charge is 0.211 e. The number of hydrogen-bond donors (Lipinski definition) is 2. The third-order valence-electron chi connectivity index (χ3n) is 0.981. The Morgan fingerprint density at radius 2 is 2.10 bits per heavy atom. The molecule has 4 nitrogen and oxygen atoms in total. The number of rotatable bonds is 5. The highest BCUT2D eigenvalue weighted by atomic mass is 32.2. The lowest BCUT2D eigenvalue weighted by molar-refractivity contribution is 0.581. The van der Waals surface area contributed by atoms with Gasteiger partial charge in [0, 0.05) is 6.54 Å². The van der Waals surface area contributed by atoms with E-state index < -0.39 is 10.0 Å². The van der Waals surface area contributed by atoms with Crippen LogP contribution in [0.5, 0.6) is 0 Å². The van der Waals surface area contributed by atoms with Gasteiger partial charge in [-0.1, -0.05) is 6.92 Å². The fraction of sp³-hybridized carbons (Fsp3) is 1.00. The summed E-state index contributed by atoms with van der Waals surface area (Å²) in [5, 5.41) is 0. The van der Waals surface area contributed by atoms with Crippen LogP contribution in [0.3, 0.4) is 0 Å². The molecule has 0 aliphatic heterocycles. The van der Waals surface area contributed by atoms with Crippen molar-refractivity contribution in [2.24, 2.45) is 5.73 Å². The second-order valence-electron chi connectivity index (χ2n) is 1.96. The molecule has 0 amide bonds. The second kappa shape index (κ2) is 4.65. The quantitative estimate of drug-likeness (QED) is 0.566. The SMILES string of the molecule is CCNS(=O)(=O)CCCN. The van der Waals surface area contributed by atoms with Gasteiger partial charge in [-0.05, 0) is 13.0 Å². The highest BCUT2D eigenvalue weighted by molar-refractivity contribution is 7.89. The van der Waals surface area contributed by atoms with Crippen LogP contribution in [-0.4, -0.2) is 27.3 Å². The van der Waals surface area contributed by atoms with Crippen LogP contribution in [0.1, 0.15) is 13.3 Å². The van der Waals surface area contributed by atoms with Gasteiger partial charge in [-0.15, -0.1) is 0 Å². The van der Waals surface area contributed by atoms with Gasteiger partial charge in [0.25, 0.3) is 0 Å². The molecule has 5 heteroatoms. The van der Waals surface area contributed by atoms with Crippen LogP contribution in [0.4, 0.5) is 0 Å². The molecule has 0 atom stereocenters. The average molecular weight is 166 g/mol. The first-order valence-corrected chi connectivity index (χ1v) is 4.95. The first-order chi connectivity index (χ1) is 4.62. The number of hydrogen-bond acceptors (Lipinski definition) is 3. The lowest BCUT2D eigenvalue weighted by atomic mass is 10.5. The van der Waals surface area contributed by atoms with Gasteiger partial charge >= 0.3 is 0 Å². The molecule has 0 unspecified atom stereocenters. The maximum Gasteiger partial charge on any atom is 0.211 e. The van der Waals surface area contributed by atoms with Gasteiger partial charge in [-0.3, -0.25) is 0 Å². The average Bonchev–Trinajstić information content (AvgIpc) is 1.84. The Morgan fingerprint density at radius 3 is 2.50 bits per heavy atom. The van der Waals surface area contributed by atoms with E-state index in [1.807, 2.05) is 0 Å². The van der Waals surface area contributed by atoms with Crippen LogP contribution >= 0.6 is 0 Å². The molecular weight excluding hydrogens is 152 g/mol. The standard InChI is InChI=1S/C5H14N2O2S/c1-2-7-10(8,9)5-3-4-6/h7H,2-6H2,1H3. The van der Waals surface area contributed by atoms with Crippen molar-refractivity contribution < 1.29 is 8.42 Å². The summed E-state index contributed by atoms with van der Waals surface area (Å²) < 4.78 is 24.0. The first-order valence-electron chi connectivity index (χ1n) is 3.30. The van der Waals surface area contributed by atoms with Crippen molar-refractivity contribution in [2.45, 2.75) is 13.3 Å². The van der Waals surface area contributed by atoms with Crippen LogP contribution in [-0.2, 0) is 10.0 Å². The molecule has 0 rings (SSSR count). The summed E-state index contributed by atoms with van der Waals surface area (Å²) in [6.07, 6.45) is 0.523. The van der Waals surface area contributed by atoms with Gasteiger partial charge in [-0.2, -0.15) is 0 Å². The molecule has 62 valence electrons. The van der Waals surface area contributed by atoms with E-state index in [0.717, 1.165) is 0 Å². The molecule has 0 aromatic heterocycles. The van der Waals surface area contributed by atoms with E-state index in [1.165, 1.54) is 0 Å². The molecule has 0 fully saturated rings. The minimum absolute atomic E-state index is 0.136. The largest absolute Gasteiger partial charge is 0.330 e. The Morgan fingerprint density at radius 1 is 1.50 bits per heavy atom. The van der Waals surface area contributed by atoms with Crippen molar-refractivity contribution in [1.29, 1.82) is 0 Å². The predicted molar refractivity (Wildman–Crippen MR) is 41.1 cm³/mol.